The van der Waals surface area contributed by atoms with Crippen molar-refractivity contribution in [3.05, 3.63) is 35.4 Å². The molecule has 2 atom stereocenters. The molecular weight excluding hydrogens is 170 g/mol. The fourth-order valence-corrected chi connectivity index (χ4v) is 2.34. The molecule has 1 saturated heterocycles. The van der Waals surface area contributed by atoms with Crippen LogP contribution < -0.4 is 5.32 Å². The van der Waals surface area contributed by atoms with Gasteiger partial charge in [0.1, 0.15) is 0 Å². The molecule has 2 unspecified atom stereocenters. The van der Waals surface area contributed by atoms with Crippen molar-refractivity contribution in [2.45, 2.75) is 26.2 Å². The molecule has 0 saturated carbocycles. The van der Waals surface area contributed by atoms with Crippen LogP contribution in [-0.4, -0.2) is 13.1 Å². The summed E-state index contributed by atoms with van der Waals surface area (Å²) in [6.07, 6.45) is 1.30. The van der Waals surface area contributed by atoms with Gasteiger partial charge in [0.25, 0.3) is 0 Å². The Balaban J connectivity index is 2.20. The Hall–Kier alpha value is -0.820. The standard InChI is InChI=1S/C13H19N/c1-10-4-3-5-12(8-10)13-9-14-7-6-11(13)2/h3-5,8,11,13-14H,6-7,9H2,1-2H3. The number of hydrogen-bond donors (Lipinski definition) is 1. The number of nitrogens with one attached hydrogen (secondary N) is 1. The third-order valence-electron chi connectivity index (χ3n) is 3.30. The van der Waals surface area contributed by atoms with Crippen molar-refractivity contribution in [3.8, 4) is 0 Å². The van der Waals surface area contributed by atoms with Crippen LogP contribution in [0.3, 0.4) is 0 Å². The summed E-state index contributed by atoms with van der Waals surface area (Å²) in [5, 5.41) is 3.48. The predicted molar refractivity (Wildman–Crippen MR) is 60.6 cm³/mol. The monoisotopic (exact) mass is 189 g/mol. The number of rotatable bonds is 1. The first-order valence-corrected chi connectivity index (χ1v) is 5.54. The van der Waals surface area contributed by atoms with Gasteiger partial charge < -0.3 is 5.32 Å². The zero-order valence-corrected chi connectivity index (χ0v) is 9.09. The van der Waals surface area contributed by atoms with Gasteiger partial charge in [0.2, 0.25) is 0 Å². The van der Waals surface area contributed by atoms with Crippen LogP contribution in [0.1, 0.15) is 30.4 Å². The van der Waals surface area contributed by atoms with Gasteiger partial charge in [-0.25, -0.2) is 0 Å². The van der Waals surface area contributed by atoms with Crippen LogP contribution in [0.15, 0.2) is 24.3 Å². The Kier molecular flexibility index (Phi) is 2.87. The largest absolute Gasteiger partial charge is 0.316 e. The Morgan fingerprint density at radius 2 is 2.21 bits per heavy atom. The summed E-state index contributed by atoms with van der Waals surface area (Å²) in [6.45, 7) is 6.87. The second-order valence-corrected chi connectivity index (χ2v) is 4.49. The molecule has 1 aliphatic heterocycles. The average Bonchev–Trinajstić information content (AvgIpc) is 2.18. The highest BCUT2D eigenvalue weighted by molar-refractivity contribution is 5.26. The molecule has 0 bridgehead atoms. The van der Waals surface area contributed by atoms with Crippen molar-refractivity contribution in [3.63, 3.8) is 0 Å². The molecule has 0 amide bonds. The molecule has 1 heterocycles. The molecule has 1 nitrogen and oxygen atoms in total. The molecule has 0 aliphatic carbocycles. The van der Waals surface area contributed by atoms with Gasteiger partial charge in [-0.15, -0.1) is 0 Å². The fourth-order valence-electron chi connectivity index (χ4n) is 2.34. The molecule has 0 radical (unpaired) electrons. The summed E-state index contributed by atoms with van der Waals surface area (Å²) < 4.78 is 0. The molecule has 1 N–H and O–H groups in total. The van der Waals surface area contributed by atoms with E-state index in [-0.39, 0.29) is 0 Å². The Morgan fingerprint density at radius 1 is 1.36 bits per heavy atom. The van der Waals surface area contributed by atoms with Crippen molar-refractivity contribution in [1.82, 2.24) is 5.32 Å². The lowest BCUT2D eigenvalue weighted by molar-refractivity contribution is 0.348. The van der Waals surface area contributed by atoms with Crippen LogP contribution in [0.2, 0.25) is 0 Å². The summed E-state index contributed by atoms with van der Waals surface area (Å²) in [5.41, 5.74) is 2.88. The van der Waals surface area contributed by atoms with E-state index in [1.54, 1.807) is 0 Å². The van der Waals surface area contributed by atoms with Crippen LogP contribution in [0.5, 0.6) is 0 Å². The second-order valence-electron chi connectivity index (χ2n) is 4.49. The van der Waals surface area contributed by atoms with E-state index < -0.39 is 0 Å². The fraction of sp³-hybridized carbons (Fsp3) is 0.538. The van der Waals surface area contributed by atoms with E-state index in [1.807, 2.05) is 0 Å². The first-order chi connectivity index (χ1) is 6.77. The van der Waals surface area contributed by atoms with E-state index in [0.717, 1.165) is 12.5 Å². The molecule has 1 aromatic carbocycles. The lowest BCUT2D eigenvalue weighted by atomic mass is 9.82. The predicted octanol–water partition coefficient (Wildman–Crippen LogP) is 2.71. The second kappa shape index (κ2) is 4.14. The van der Waals surface area contributed by atoms with E-state index >= 15 is 0 Å². The lowest BCUT2D eigenvalue weighted by Gasteiger charge is -2.30. The quantitative estimate of drug-likeness (QED) is 0.716. The van der Waals surface area contributed by atoms with Gasteiger partial charge in [-0.3, -0.25) is 0 Å². The van der Waals surface area contributed by atoms with Gasteiger partial charge in [-0.1, -0.05) is 36.8 Å². The van der Waals surface area contributed by atoms with Crippen LogP contribution in [0.4, 0.5) is 0 Å². The summed E-state index contributed by atoms with van der Waals surface area (Å²) in [4.78, 5) is 0. The highest BCUT2D eigenvalue weighted by Gasteiger charge is 2.22. The molecular formula is C13H19N. The van der Waals surface area contributed by atoms with Crippen LogP contribution in [0.25, 0.3) is 0 Å². The minimum Gasteiger partial charge on any atom is -0.316 e. The Morgan fingerprint density at radius 3 is 2.93 bits per heavy atom. The van der Waals surface area contributed by atoms with Gasteiger partial charge >= 0.3 is 0 Å². The van der Waals surface area contributed by atoms with Gasteiger partial charge in [0, 0.05) is 6.54 Å². The van der Waals surface area contributed by atoms with E-state index in [0.29, 0.717) is 5.92 Å². The van der Waals surface area contributed by atoms with Gasteiger partial charge in [0.05, 0.1) is 0 Å². The maximum absolute atomic E-state index is 3.48. The van der Waals surface area contributed by atoms with Gasteiger partial charge in [-0.2, -0.15) is 0 Å². The minimum absolute atomic E-state index is 0.712. The minimum atomic E-state index is 0.712. The Bertz CT molecular complexity index is 306. The third-order valence-corrected chi connectivity index (χ3v) is 3.30. The van der Waals surface area contributed by atoms with Crippen LogP contribution in [0, 0.1) is 12.8 Å². The summed E-state index contributed by atoms with van der Waals surface area (Å²) >= 11 is 0. The van der Waals surface area contributed by atoms with Gasteiger partial charge in [-0.05, 0) is 37.3 Å². The highest BCUT2D eigenvalue weighted by atomic mass is 14.9. The third kappa shape index (κ3) is 1.98. The van der Waals surface area contributed by atoms with Crippen molar-refractivity contribution in [1.29, 1.82) is 0 Å². The SMILES string of the molecule is Cc1cccc(C2CNCCC2C)c1. The van der Waals surface area contributed by atoms with E-state index in [4.69, 9.17) is 0 Å². The molecule has 1 aromatic rings. The van der Waals surface area contributed by atoms with Crippen molar-refractivity contribution in [2.75, 3.05) is 13.1 Å². The van der Waals surface area contributed by atoms with Crippen LogP contribution in [-0.2, 0) is 0 Å². The molecule has 0 aromatic heterocycles. The molecule has 1 aliphatic rings. The molecule has 1 heteroatoms. The molecule has 76 valence electrons. The van der Waals surface area contributed by atoms with Crippen molar-refractivity contribution < 1.29 is 0 Å². The molecule has 0 spiro atoms. The molecule has 1 fully saturated rings. The number of hydrogen-bond acceptors (Lipinski definition) is 1. The van der Waals surface area contributed by atoms with E-state index in [9.17, 15) is 0 Å². The first-order valence-electron chi connectivity index (χ1n) is 5.54. The normalized spacial score (nSPS) is 27.6. The summed E-state index contributed by atoms with van der Waals surface area (Å²) in [7, 11) is 0. The van der Waals surface area contributed by atoms with Crippen molar-refractivity contribution in [2.24, 2.45) is 5.92 Å². The number of piperidine rings is 1. The van der Waals surface area contributed by atoms with Crippen LogP contribution >= 0.6 is 0 Å². The molecule has 14 heavy (non-hydrogen) atoms. The highest BCUT2D eigenvalue weighted by Crippen LogP contribution is 2.28. The number of benzene rings is 1. The zero-order valence-electron chi connectivity index (χ0n) is 9.09. The average molecular weight is 189 g/mol. The molecule has 2 rings (SSSR count). The topological polar surface area (TPSA) is 12.0 Å². The van der Waals surface area contributed by atoms with Crippen molar-refractivity contribution >= 4 is 0 Å². The first kappa shape index (κ1) is 9.72. The smallest absolute Gasteiger partial charge is 0.00227 e. The van der Waals surface area contributed by atoms with E-state index in [2.05, 4.69) is 43.4 Å². The lowest BCUT2D eigenvalue weighted by Crippen LogP contribution is -2.33. The maximum atomic E-state index is 3.48. The Labute approximate surface area is 86.5 Å². The summed E-state index contributed by atoms with van der Waals surface area (Å²) in [6, 6.07) is 8.94. The zero-order chi connectivity index (χ0) is 9.97. The van der Waals surface area contributed by atoms with Gasteiger partial charge in [0.15, 0.2) is 0 Å². The van der Waals surface area contributed by atoms with E-state index in [1.165, 1.54) is 24.1 Å². The maximum Gasteiger partial charge on any atom is 0.00227 e. The number of aryl methyl sites for hydroxylation is 1. The summed E-state index contributed by atoms with van der Waals surface area (Å²) in [5.74, 6) is 1.53.